The Labute approximate surface area is 198 Å². The number of hydrogen-bond donors (Lipinski definition) is 1. The van der Waals surface area contributed by atoms with E-state index in [9.17, 15) is 9.59 Å². The van der Waals surface area contributed by atoms with Gasteiger partial charge in [-0.1, -0.05) is 13.3 Å². The van der Waals surface area contributed by atoms with Crippen molar-refractivity contribution in [2.75, 3.05) is 32.2 Å². The summed E-state index contributed by atoms with van der Waals surface area (Å²) in [6.45, 7) is 6.12. The molecule has 1 aliphatic rings. The van der Waals surface area contributed by atoms with Crippen LogP contribution in [0.15, 0.2) is 29.2 Å². The van der Waals surface area contributed by atoms with Gasteiger partial charge < -0.3 is 24.3 Å². The number of fused-ring (bicyclic) bond motifs is 1. The number of methoxy groups -OCH3 is 2. The van der Waals surface area contributed by atoms with Crippen molar-refractivity contribution in [3.05, 3.63) is 51.7 Å². The Morgan fingerprint density at radius 3 is 2.85 bits per heavy atom. The van der Waals surface area contributed by atoms with E-state index in [1.165, 1.54) is 13.2 Å². The number of ether oxygens (including phenoxy) is 2. The van der Waals surface area contributed by atoms with Gasteiger partial charge in [0.25, 0.3) is 11.5 Å². The minimum atomic E-state index is -0.391. The van der Waals surface area contributed by atoms with Crippen molar-refractivity contribution in [2.45, 2.75) is 52.3 Å². The molecule has 0 unspecified atom stereocenters. The van der Waals surface area contributed by atoms with Crippen LogP contribution in [0.5, 0.6) is 5.75 Å². The van der Waals surface area contributed by atoms with Gasteiger partial charge in [0.2, 0.25) is 0 Å². The fraction of sp³-hybridized carbons (Fsp3) is 0.500. The summed E-state index contributed by atoms with van der Waals surface area (Å²) in [5.41, 5.74) is 2.17. The number of nitrogens with zero attached hydrogens (tertiary/aromatic N) is 5. The smallest absolute Gasteiger partial charge is 0.263 e. The molecule has 4 rings (SSSR count). The number of aryl methyl sites for hydroxylation is 1. The first-order chi connectivity index (χ1) is 16.5. The summed E-state index contributed by atoms with van der Waals surface area (Å²) >= 11 is 0. The van der Waals surface area contributed by atoms with Crippen LogP contribution in [0, 0.1) is 6.92 Å². The number of hydrogen-bond acceptors (Lipinski definition) is 7. The molecule has 10 heteroatoms. The van der Waals surface area contributed by atoms with Gasteiger partial charge in [-0.3, -0.25) is 9.59 Å². The van der Waals surface area contributed by atoms with Gasteiger partial charge >= 0.3 is 0 Å². The number of anilines is 1. The van der Waals surface area contributed by atoms with Gasteiger partial charge in [0, 0.05) is 38.9 Å². The average Bonchev–Trinajstić information content (AvgIpc) is 3.45. The summed E-state index contributed by atoms with van der Waals surface area (Å²) in [5.74, 6) is 0.917. The molecule has 1 atom stereocenters. The van der Waals surface area contributed by atoms with Crippen molar-refractivity contribution in [1.82, 2.24) is 24.5 Å². The Hall–Kier alpha value is -3.40. The monoisotopic (exact) mass is 468 g/mol. The molecule has 3 aromatic rings. The van der Waals surface area contributed by atoms with Gasteiger partial charge in [-0.05, 0) is 31.9 Å². The zero-order valence-corrected chi connectivity index (χ0v) is 20.2. The van der Waals surface area contributed by atoms with Crippen LogP contribution in [0.1, 0.15) is 47.9 Å². The standard InChI is InChI=1S/C24H32N6O4/c1-5-6-10-29-19(15-33-3)20(34-4)12-18(24(29)32)23(31)26-17-9-11-28(14-17)22-8-7-21-25-13-16(2)30(21)27-22/h7-8,12-13,17H,5-6,9-11,14-15H2,1-4H3,(H,26,31)/t17-/m0/s1. The predicted molar refractivity (Wildman–Crippen MR) is 129 cm³/mol. The van der Waals surface area contributed by atoms with Crippen LogP contribution in [-0.2, 0) is 17.9 Å². The molecule has 10 nitrogen and oxygen atoms in total. The Morgan fingerprint density at radius 2 is 2.12 bits per heavy atom. The van der Waals surface area contributed by atoms with Crippen LogP contribution >= 0.6 is 0 Å². The molecule has 3 aromatic heterocycles. The van der Waals surface area contributed by atoms with E-state index < -0.39 is 5.91 Å². The van der Waals surface area contributed by atoms with E-state index in [1.54, 1.807) is 17.9 Å². The zero-order valence-electron chi connectivity index (χ0n) is 20.2. The molecule has 0 aromatic carbocycles. The molecule has 4 heterocycles. The molecule has 0 saturated carbocycles. The number of carbonyl (C=O) groups is 1. The second kappa shape index (κ2) is 10.3. The summed E-state index contributed by atoms with van der Waals surface area (Å²) in [5, 5.41) is 7.72. The summed E-state index contributed by atoms with van der Waals surface area (Å²) in [7, 11) is 3.10. The molecule has 0 spiro atoms. The van der Waals surface area contributed by atoms with Gasteiger partial charge in [-0.15, -0.1) is 5.10 Å². The second-order valence-corrected chi connectivity index (χ2v) is 8.58. The minimum absolute atomic E-state index is 0.0832. The normalized spacial score (nSPS) is 15.8. The van der Waals surface area contributed by atoms with Gasteiger partial charge in [0.15, 0.2) is 5.65 Å². The Balaban J connectivity index is 1.53. The van der Waals surface area contributed by atoms with E-state index in [-0.39, 0.29) is 23.8 Å². The maximum absolute atomic E-state index is 13.2. The highest BCUT2D eigenvalue weighted by Crippen LogP contribution is 2.22. The predicted octanol–water partition coefficient (Wildman–Crippen LogP) is 2.16. The summed E-state index contributed by atoms with van der Waals surface area (Å²) < 4.78 is 14.2. The lowest BCUT2D eigenvalue weighted by atomic mass is 10.1. The number of amides is 1. The molecular weight excluding hydrogens is 436 g/mol. The quantitative estimate of drug-likeness (QED) is 0.513. The lowest BCUT2D eigenvalue weighted by Gasteiger charge is -2.19. The number of carbonyl (C=O) groups excluding carboxylic acids is 1. The number of imidazole rings is 1. The zero-order chi connectivity index (χ0) is 24.2. The summed E-state index contributed by atoms with van der Waals surface area (Å²) in [6, 6.07) is 5.31. The molecule has 0 bridgehead atoms. The molecule has 1 saturated heterocycles. The molecule has 0 aliphatic carbocycles. The van der Waals surface area contributed by atoms with Gasteiger partial charge in [-0.25, -0.2) is 9.50 Å². The van der Waals surface area contributed by atoms with Gasteiger partial charge in [0.1, 0.15) is 17.1 Å². The first kappa shape index (κ1) is 23.7. The van der Waals surface area contributed by atoms with E-state index in [1.807, 2.05) is 23.6 Å². The van der Waals surface area contributed by atoms with Crippen molar-refractivity contribution in [2.24, 2.45) is 0 Å². The van der Waals surface area contributed by atoms with Crippen LogP contribution in [0.4, 0.5) is 5.82 Å². The molecule has 1 amide bonds. The number of aromatic nitrogens is 4. The van der Waals surface area contributed by atoms with Crippen molar-refractivity contribution in [3.63, 3.8) is 0 Å². The van der Waals surface area contributed by atoms with Crippen LogP contribution < -0.4 is 20.5 Å². The number of nitrogens with one attached hydrogen (secondary N) is 1. The lowest BCUT2D eigenvalue weighted by Crippen LogP contribution is -2.41. The van der Waals surface area contributed by atoms with Crippen molar-refractivity contribution in [1.29, 1.82) is 0 Å². The third-order valence-corrected chi connectivity index (χ3v) is 6.21. The maximum atomic E-state index is 13.2. The van der Waals surface area contributed by atoms with Crippen LogP contribution in [0.2, 0.25) is 0 Å². The fourth-order valence-corrected chi connectivity index (χ4v) is 4.35. The van der Waals surface area contributed by atoms with Crippen LogP contribution in [0.25, 0.3) is 5.65 Å². The van der Waals surface area contributed by atoms with Crippen molar-refractivity contribution in [3.8, 4) is 5.75 Å². The van der Waals surface area contributed by atoms with Crippen LogP contribution in [0.3, 0.4) is 0 Å². The molecule has 1 N–H and O–H groups in total. The Morgan fingerprint density at radius 1 is 1.29 bits per heavy atom. The van der Waals surface area contributed by atoms with E-state index in [0.717, 1.165) is 43.0 Å². The minimum Gasteiger partial charge on any atom is -0.495 e. The Bertz CT molecular complexity index is 1230. The van der Waals surface area contributed by atoms with Crippen molar-refractivity contribution < 1.29 is 14.3 Å². The topological polar surface area (TPSA) is 103 Å². The largest absolute Gasteiger partial charge is 0.495 e. The molecule has 34 heavy (non-hydrogen) atoms. The summed E-state index contributed by atoms with van der Waals surface area (Å²) in [4.78, 5) is 32.8. The van der Waals surface area contributed by atoms with E-state index >= 15 is 0 Å². The highest BCUT2D eigenvalue weighted by Gasteiger charge is 2.27. The lowest BCUT2D eigenvalue weighted by molar-refractivity contribution is 0.0937. The molecule has 1 fully saturated rings. The maximum Gasteiger partial charge on any atom is 0.263 e. The highest BCUT2D eigenvalue weighted by atomic mass is 16.5. The number of pyridine rings is 1. The van der Waals surface area contributed by atoms with Gasteiger partial charge in [0.05, 0.1) is 31.3 Å². The third kappa shape index (κ3) is 4.63. The second-order valence-electron chi connectivity index (χ2n) is 8.58. The molecule has 182 valence electrons. The fourth-order valence-electron chi connectivity index (χ4n) is 4.35. The first-order valence-corrected chi connectivity index (χ1v) is 11.6. The summed E-state index contributed by atoms with van der Waals surface area (Å²) in [6.07, 6.45) is 4.29. The highest BCUT2D eigenvalue weighted by molar-refractivity contribution is 5.94. The van der Waals surface area contributed by atoms with Crippen molar-refractivity contribution >= 4 is 17.4 Å². The Kier molecular flexibility index (Phi) is 7.16. The third-order valence-electron chi connectivity index (χ3n) is 6.21. The molecule has 1 aliphatic heterocycles. The average molecular weight is 469 g/mol. The number of unbranched alkanes of at least 4 members (excludes halogenated alkanes) is 1. The first-order valence-electron chi connectivity index (χ1n) is 11.6. The van der Waals surface area contributed by atoms with E-state index in [2.05, 4.69) is 27.2 Å². The van der Waals surface area contributed by atoms with Crippen LogP contribution in [-0.4, -0.2) is 58.4 Å². The number of rotatable bonds is 9. The molecule has 0 radical (unpaired) electrons. The van der Waals surface area contributed by atoms with E-state index in [0.29, 0.717) is 24.5 Å². The van der Waals surface area contributed by atoms with Gasteiger partial charge in [-0.2, -0.15) is 0 Å². The molecular formula is C24H32N6O4. The SMILES string of the molecule is CCCCn1c(COC)c(OC)cc(C(=O)N[C@H]2CCN(c3ccc4ncc(C)n4n3)C2)c1=O. The van der Waals surface area contributed by atoms with E-state index in [4.69, 9.17) is 9.47 Å².